The van der Waals surface area contributed by atoms with Crippen LogP contribution in [0.5, 0.6) is 5.75 Å². The predicted octanol–water partition coefficient (Wildman–Crippen LogP) is 4.09. The molecule has 14 heavy (non-hydrogen) atoms. The summed E-state index contributed by atoms with van der Waals surface area (Å²) in [5.74, 6) is -0.0365. The molecule has 78 valence electrons. The number of hydrogen-bond acceptors (Lipinski definition) is 1. The van der Waals surface area contributed by atoms with E-state index < -0.39 is 6.36 Å². The van der Waals surface area contributed by atoms with E-state index in [4.69, 9.17) is 11.6 Å². The highest BCUT2D eigenvalue weighted by Crippen LogP contribution is 2.28. The molecule has 0 amide bonds. The Balaban J connectivity index is 2.87. The second kappa shape index (κ2) is 4.40. The van der Waals surface area contributed by atoms with Crippen molar-refractivity contribution in [3.63, 3.8) is 0 Å². The van der Waals surface area contributed by atoms with Gasteiger partial charge in [0, 0.05) is 10.4 Å². The molecule has 0 N–H and O–H groups in total. The molecule has 0 aliphatic heterocycles. The van der Waals surface area contributed by atoms with E-state index in [9.17, 15) is 13.2 Å². The third-order valence-electron chi connectivity index (χ3n) is 1.40. The Kier molecular flexibility index (Phi) is 3.66. The maximum absolute atomic E-state index is 11.8. The van der Waals surface area contributed by atoms with Crippen molar-refractivity contribution in [1.29, 1.82) is 0 Å². The van der Waals surface area contributed by atoms with Gasteiger partial charge in [-0.2, -0.15) is 0 Å². The van der Waals surface area contributed by atoms with E-state index >= 15 is 0 Å². The highest BCUT2D eigenvalue weighted by atomic mass is 79.9. The van der Waals surface area contributed by atoms with Crippen LogP contribution in [0.15, 0.2) is 22.7 Å². The number of halogens is 5. The van der Waals surface area contributed by atoms with Crippen molar-refractivity contribution < 1.29 is 17.9 Å². The fraction of sp³-hybridized carbons (Fsp3) is 0.250. The first-order valence-corrected chi connectivity index (χ1v) is 4.85. The van der Waals surface area contributed by atoms with Crippen molar-refractivity contribution in [1.82, 2.24) is 0 Å². The number of hydrogen-bond donors (Lipinski definition) is 0. The molecule has 0 saturated carbocycles. The summed E-state index contributed by atoms with van der Waals surface area (Å²) >= 11 is 8.61. The van der Waals surface area contributed by atoms with E-state index in [-0.39, 0.29) is 11.6 Å². The highest BCUT2D eigenvalue weighted by Gasteiger charge is 2.31. The minimum atomic E-state index is -4.66. The van der Waals surface area contributed by atoms with E-state index in [1.807, 2.05) is 0 Å². The van der Waals surface area contributed by atoms with Crippen LogP contribution in [-0.2, 0) is 5.88 Å². The molecular formula is C8H5BrClF3O. The summed E-state index contributed by atoms with van der Waals surface area (Å²) < 4.78 is 39.6. The zero-order chi connectivity index (χ0) is 10.8. The maximum Gasteiger partial charge on any atom is 0.573 e. The molecule has 0 spiro atoms. The molecule has 0 aliphatic carbocycles. The molecule has 1 nitrogen and oxygen atoms in total. The van der Waals surface area contributed by atoms with E-state index in [0.29, 0.717) is 10.0 Å². The largest absolute Gasteiger partial charge is 0.573 e. The van der Waals surface area contributed by atoms with Crippen LogP contribution in [0, 0.1) is 0 Å². The molecule has 0 bridgehead atoms. The van der Waals surface area contributed by atoms with Gasteiger partial charge in [0.15, 0.2) is 0 Å². The summed E-state index contributed by atoms with van der Waals surface area (Å²) in [7, 11) is 0. The Labute approximate surface area is 91.9 Å². The topological polar surface area (TPSA) is 9.23 Å². The van der Waals surface area contributed by atoms with Gasteiger partial charge >= 0.3 is 6.36 Å². The summed E-state index contributed by atoms with van der Waals surface area (Å²) in [6.07, 6.45) is -4.66. The van der Waals surface area contributed by atoms with Crippen LogP contribution in [0.4, 0.5) is 13.2 Å². The molecular weight excluding hydrogens is 284 g/mol. The van der Waals surface area contributed by atoms with Gasteiger partial charge in [-0.15, -0.1) is 24.8 Å². The smallest absolute Gasteiger partial charge is 0.406 e. The molecule has 1 rings (SSSR count). The first-order valence-electron chi connectivity index (χ1n) is 3.52. The van der Waals surface area contributed by atoms with Crippen LogP contribution in [0.1, 0.15) is 5.56 Å². The van der Waals surface area contributed by atoms with Gasteiger partial charge in [0.1, 0.15) is 5.75 Å². The predicted molar refractivity (Wildman–Crippen MR) is 50.4 cm³/mol. The van der Waals surface area contributed by atoms with Gasteiger partial charge in [-0.3, -0.25) is 0 Å². The van der Waals surface area contributed by atoms with Crippen molar-refractivity contribution in [2.75, 3.05) is 0 Å². The van der Waals surface area contributed by atoms with Gasteiger partial charge in [-0.05, 0) is 17.7 Å². The van der Waals surface area contributed by atoms with Gasteiger partial charge in [-0.1, -0.05) is 22.0 Å². The Morgan fingerprint density at radius 2 is 2.00 bits per heavy atom. The summed E-state index contributed by atoms with van der Waals surface area (Å²) in [6, 6.07) is 3.92. The van der Waals surface area contributed by atoms with Crippen LogP contribution < -0.4 is 4.74 Å². The minimum Gasteiger partial charge on any atom is -0.406 e. The molecule has 0 fully saturated rings. The number of benzene rings is 1. The Morgan fingerprint density at radius 3 is 2.43 bits per heavy atom. The quantitative estimate of drug-likeness (QED) is 0.745. The van der Waals surface area contributed by atoms with Gasteiger partial charge < -0.3 is 4.74 Å². The summed E-state index contributed by atoms with van der Waals surface area (Å²) in [5.41, 5.74) is 0.709. The molecule has 1 aromatic carbocycles. The SMILES string of the molecule is FC(F)(F)Oc1ccc(CCl)c(Br)c1. The first kappa shape index (κ1) is 11.7. The van der Waals surface area contributed by atoms with Crippen molar-refractivity contribution in [2.24, 2.45) is 0 Å². The third-order valence-corrected chi connectivity index (χ3v) is 2.43. The van der Waals surface area contributed by atoms with Crippen molar-refractivity contribution >= 4 is 27.5 Å². The fourth-order valence-corrected chi connectivity index (χ4v) is 1.73. The van der Waals surface area contributed by atoms with Crippen molar-refractivity contribution in [3.8, 4) is 5.75 Å². The Hall–Kier alpha value is -0.420. The second-order valence-electron chi connectivity index (χ2n) is 2.43. The van der Waals surface area contributed by atoms with Gasteiger partial charge in [0.05, 0.1) is 0 Å². The van der Waals surface area contributed by atoms with Crippen LogP contribution in [0.3, 0.4) is 0 Å². The van der Waals surface area contributed by atoms with Gasteiger partial charge in [0.2, 0.25) is 0 Å². The number of rotatable bonds is 2. The molecule has 0 unspecified atom stereocenters. The average Bonchev–Trinajstić information content (AvgIpc) is 2.01. The molecule has 0 aromatic heterocycles. The van der Waals surface area contributed by atoms with Gasteiger partial charge in [0.25, 0.3) is 0 Å². The van der Waals surface area contributed by atoms with Crippen LogP contribution in [0.2, 0.25) is 0 Å². The molecule has 0 heterocycles. The minimum absolute atomic E-state index is 0.229. The molecule has 0 atom stereocenters. The zero-order valence-electron chi connectivity index (χ0n) is 6.74. The first-order chi connectivity index (χ1) is 6.42. The summed E-state index contributed by atoms with van der Waals surface area (Å²) in [6.45, 7) is 0. The third kappa shape index (κ3) is 3.38. The lowest BCUT2D eigenvalue weighted by Gasteiger charge is -2.09. The molecule has 0 saturated heterocycles. The molecule has 1 aromatic rings. The zero-order valence-corrected chi connectivity index (χ0v) is 9.08. The monoisotopic (exact) mass is 288 g/mol. The molecule has 0 aliphatic rings. The normalized spacial score (nSPS) is 11.5. The summed E-state index contributed by atoms with van der Waals surface area (Å²) in [4.78, 5) is 0. The number of ether oxygens (including phenoxy) is 1. The van der Waals surface area contributed by atoms with E-state index in [1.165, 1.54) is 18.2 Å². The van der Waals surface area contributed by atoms with E-state index in [2.05, 4.69) is 20.7 Å². The van der Waals surface area contributed by atoms with E-state index in [0.717, 1.165) is 0 Å². The number of alkyl halides is 4. The highest BCUT2D eigenvalue weighted by molar-refractivity contribution is 9.10. The van der Waals surface area contributed by atoms with Crippen LogP contribution in [-0.4, -0.2) is 6.36 Å². The van der Waals surface area contributed by atoms with Crippen molar-refractivity contribution in [2.45, 2.75) is 12.2 Å². The molecule has 6 heteroatoms. The standard InChI is InChI=1S/C8H5BrClF3O/c9-7-3-6(14-8(11,12)13)2-1-5(7)4-10/h1-3H,4H2. The maximum atomic E-state index is 11.8. The van der Waals surface area contributed by atoms with Gasteiger partial charge in [-0.25, -0.2) is 0 Å². The lowest BCUT2D eigenvalue weighted by atomic mass is 10.2. The fourth-order valence-electron chi connectivity index (χ4n) is 0.834. The Morgan fingerprint density at radius 1 is 1.36 bits per heavy atom. The lowest BCUT2D eigenvalue weighted by molar-refractivity contribution is -0.274. The van der Waals surface area contributed by atoms with Crippen molar-refractivity contribution in [3.05, 3.63) is 28.2 Å². The lowest BCUT2D eigenvalue weighted by Crippen LogP contribution is -2.17. The van der Waals surface area contributed by atoms with Crippen LogP contribution >= 0.6 is 27.5 Å². The Bertz CT molecular complexity index is 327. The van der Waals surface area contributed by atoms with Crippen LogP contribution in [0.25, 0.3) is 0 Å². The summed E-state index contributed by atoms with van der Waals surface area (Å²) in [5, 5.41) is 0. The van der Waals surface area contributed by atoms with E-state index in [1.54, 1.807) is 0 Å². The average molecular weight is 289 g/mol. The molecule has 0 radical (unpaired) electrons. The second-order valence-corrected chi connectivity index (χ2v) is 3.56.